The number of carbonyl (C=O) groups is 2. The molecular formula is C12H26N3O3+. The topological polar surface area (TPSA) is 125 Å². The van der Waals surface area contributed by atoms with Crippen LogP contribution in [0.5, 0.6) is 0 Å². The molecule has 0 aromatic heterocycles. The van der Waals surface area contributed by atoms with Gasteiger partial charge in [-0.15, -0.1) is 0 Å². The quantitative estimate of drug-likeness (QED) is 0.390. The predicted molar refractivity (Wildman–Crippen MR) is 64.7 cm³/mol. The van der Waals surface area contributed by atoms with Crippen LogP contribution in [-0.2, 0) is 9.59 Å². The number of nitrogens with one attached hydrogen (secondary N) is 1. The Balaban J connectivity index is 4.28. The normalized spacial score (nSPS) is 15.8. The maximum absolute atomic E-state index is 11.8. The highest BCUT2D eigenvalue weighted by Crippen LogP contribution is 2.07. The van der Waals surface area contributed by atoms with E-state index < -0.39 is 18.1 Å². The van der Waals surface area contributed by atoms with Crippen LogP contribution in [0.15, 0.2) is 0 Å². The summed E-state index contributed by atoms with van der Waals surface area (Å²) in [6.07, 6.45) is 3.16. The minimum atomic E-state index is -1.23. The monoisotopic (exact) mass is 260 g/mol. The zero-order chi connectivity index (χ0) is 14.1. The lowest BCUT2D eigenvalue weighted by Gasteiger charge is -2.25. The van der Waals surface area contributed by atoms with Crippen molar-refractivity contribution in [3.8, 4) is 0 Å². The summed E-state index contributed by atoms with van der Waals surface area (Å²) in [5.74, 6) is -1.69. The molecule has 0 aromatic carbocycles. The number of quaternary nitrogens is 2. The molecule has 0 saturated carbocycles. The summed E-state index contributed by atoms with van der Waals surface area (Å²) in [5, 5.41) is 13.5. The van der Waals surface area contributed by atoms with Gasteiger partial charge in [-0.2, -0.15) is 0 Å². The Bertz CT molecular complexity index is 271. The van der Waals surface area contributed by atoms with Crippen LogP contribution in [0.25, 0.3) is 0 Å². The van der Waals surface area contributed by atoms with Crippen LogP contribution >= 0.6 is 0 Å². The maximum Gasteiger partial charge on any atom is 0.278 e. The Morgan fingerprint density at radius 1 is 1.33 bits per heavy atom. The Hall–Kier alpha value is -1.14. The van der Waals surface area contributed by atoms with Crippen molar-refractivity contribution >= 4 is 11.9 Å². The minimum Gasteiger partial charge on any atom is -0.548 e. The molecule has 3 atom stereocenters. The Morgan fingerprint density at radius 3 is 2.39 bits per heavy atom. The Morgan fingerprint density at radius 2 is 1.94 bits per heavy atom. The molecule has 0 heterocycles. The first kappa shape index (κ1) is 16.9. The molecule has 0 unspecified atom stereocenters. The van der Waals surface area contributed by atoms with Crippen molar-refractivity contribution in [2.45, 2.75) is 51.6 Å². The van der Waals surface area contributed by atoms with E-state index in [1.165, 1.54) is 0 Å². The van der Waals surface area contributed by atoms with Gasteiger partial charge in [0.1, 0.15) is 0 Å². The molecule has 1 amide bonds. The molecule has 0 saturated heterocycles. The van der Waals surface area contributed by atoms with Crippen LogP contribution in [0.4, 0.5) is 0 Å². The molecule has 0 aliphatic heterocycles. The fraction of sp³-hybridized carbons (Fsp3) is 0.833. The standard InChI is InChI=1S/C12H25N3O3/c1-3-8(2)10(12(17)18)15-11(16)9(14)6-4-5-7-13/h8-10H,3-7,13-14H2,1-2H3,(H,15,16)(H,17,18)/p+1/t8-,9-,10-/m0/s1. The molecule has 0 spiro atoms. The highest BCUT2D eigenvalue weighted by atomic mass is 16.4. The minimum absolute atomic E-state index is 0.147. The van der Waals surface area contributed by atoms with Crippen molar-refractivity contribution in [1.82, 2.24) is 5.32 Å². The molecule has 106 valence electrons. The summed E-state index contributed by atoms with van der Waals surface area (Å²) < 4.78 is 0. The number of carbonyl (C=O) groups excluding carboxylic acids is 2. The average molecular weight is 260 g/mol. The number of unbranched alkanes of at least 4 members (excludes halogenated alkanes) is 1. The zero-order valence-corrected chi connectivity index (χ0v) is 11.4. The number of carboxylic acids is 1. The van der Waals surface area contributed by atoms with Crippen LogP contribution < -0.4 is 21.9 Å². The molecule has 0 aliphatic carbocycles. The van der Waals surface area contributed by atoms with Gasteiger partial charge >= 0.3 is 0 Å². The van der Waals surface area contributed by atoms with E-state index in [0.29, 0.717) is 12.8 Å². The van der Waals surface area contributed by atoms with E-state index in [9.17, 15) is 14.7 Å². The lowest BCUT2D eigenvalue weighted by Crippen LogP contribution is -2.69. The van der Waals surface area contributed by atoms with Crippen molar-refractivity contribution in [2.75, 3.05) is 6.54 Å². The van der Waals surface area contributed by atoms with Gasteiger partial charge in [0.25, 0.3) is 5.91 Å². The fourth-order valence-corrected chi connectivity index (χ4v) is 1.64. The second-order valence-corrected chi connectivity index (χ2v) is 4.74. The summed E-state index contributed by atoms with van der Waals surface area (Å²) in [7, 11) is 0. The summed E-state index contributed by atoms with van der Waals surface area (Å²) in [6, 6.07) is -1.35. The van der Waals surface area contributed by atoms with Gasteiger partial charge in [-0.1, -0.05) is 20.3 Å². The lowest BCUT2D eigenvalue weighted by atomic mass is 9.98. The molecule has 0 fully saturated rings. The summed E-state index contributed by atoms with van der Waals surface area (Å²) in [4.78, 5) is 22.8. The summed E-state index contributed by atoms with van der Waals surface area (Å²) >= 11 is 0. The van der Waals surface area contributed by atoms with Crippen LogP contribution in [0.1, 0.15) is 39.5 Å². The second kappa shape index (κ2) is 8.88. The molecule has 0 aromatic rings. The van der Waals surface area contributed by atoms with Gasteiger partial charge in [-0.25, -0.2) is 0 Å². The fourth-order valence-electron chi connectivity index (χ4n) is 1.64. The molecule has 18 heavy (non-hydrogen) atoms. The molecule has 7 N–H and O–H groups in total. The highest BCUT2D eigenvalue weighted by molar-refractivity contribution is 5.85. The first-order chi connectivity index (χ1) is 8.43. The number of amides is 1. The summed E-state index contributed by atoms with van der Waals surface area (Å²) in [6.45, 7) is 4.49. The smallest absolute Gasteiger partial charge is 0.278 e. The van der Waals surface area contributed by atoms with Crippen molar-refractivity contribution in [3.05, 3.63) is 0 Å². The first-order valence-corrected chi connectivity index (χ1v) is 6.57. The highest BCUT2D eigenvalue weighted by Gasteiger charge is 2.24. The predicted octanol–water partition coefficient (Wildman–Crippen LogP) is -2.71. The number of aliphatic carboxylic acids is 1. The van der Waals surface area contributed by atoms with E-state index in [4.69, 9.17) is 0 Å². The van der Waals surface area contributed by atoms with Crippen LogP contribution in [0, 0.1) is 5.92 Å². The molecule has 0 radical (unpaired) electrons. The number of hydrogen-bond donors (Lipinski definition) is 3. The van der Waals surface area contributed by atoms with Gasteiger partial charge in [-0.05, 0) is 18.8 Å². The molecule has 0 aliphatic rings. The average Bonchev–Trinajstić information content (AvgIpc) is 2.34. The second-order valence-electron chi connectivity index (χ2n) is 4.74. The van der Waals surface area contributed by atoms with Crippen molar-refractivity contribution in [3.63, 3.8) is 0 Å². The molecule has 6 heteroatoms. The molecular weight excluding hydrogens is 234 g/mol. The van der Waals surface area contributed by atoms with Crippen molar-refractivity contribution in [1.29, 1.82) is 0 Å². The van der Waals surface area contributed by atoms with E-state index in [1.54, 1.807) is 6.92 Å². The Kier molecular flexibility index (Phi) is 8.32. The van der Waals surface area contributed by atoms with Crippen LogP contribution in [0.2, 0.25) is 0 Å². The van der Waals surface area contributed by atoms with E-state index in [0.717, 1.165) is 19.4 Å². The third-order valence-corrected chi connectivity index (χ3v) is 3.19. The third-order valence-electron chi connectivity index (χ3n) is 3.19. The van der Waals surface area contributed by atoms with Gasteiger partial charge in [0.05, 0.1) is 18.6 Å². The van der Waals surface area contributed by atoms with Gasteiger partial charge in [-0.3, -0.25) is 4.79 Å². The first-order valence-electron chi connectivity index (χ1n) is 6.57. The zero-order valence-electron chi connectivity index (χ0n) is 11.4. The van der Waals surface area contributed by atoms with E-state index in [2.05, 4.69) is 16.8 Å². The van der Waals surface area contributed by atoms with Gasteiger partial charge < -0.3 is 26.7 Å². The van der Waals surface area contributed by atoms with Crippen LogP contribution in [0.3, 0.4) is 0 Å². The van der Waals surface area contributed by atoms with Crippen molar-refractivity contribution in [2.24, 2.45) is 5.92 Å². The van der Waals surface area contributed by atoms with E-state index in [1.807, 2.05) is 6.92 Å². The van der Waals surface area contributed by atoms with E-state index in [-0.39, 0.29) is 11.8 Å². The van der Waals surface area contributed by atoms with Crippen molar-refractivity contribution < 1.29 is 26.2 Å². The summed E-state index contributed by atoms with van der Waals surface area (Å²) in [5.41, 5.74) is 7.49. The maximum atomic E-state index is 11.8. The number of rotatable bonds is 9. The number of carboxylic acid groups (broad SMARTS) is 1. The molecule has 6 nitrogen and oxygen atoms in total. The molecule has 0 rings (SSSR count). The number of hydrogen-bond acceptors (Lipinski definition) is 3. The van der Waals surface area contributed by atoms with Gasteiger partial charge in [0.15, 0.2) is 6.04 Å². The Labute approximate surface area is 108 Å². The molecule has 0 bridgehead atoms. The third kappa shape index (κ3) is 5.97. The van der Waals surface area contributed by atoms with Gasteiger partial charge in [0.2, 0.25) is 0 Å². The lowest BCUT2D eigenvalue weighted by molar-refractivity contribution is -0.406. The SMILES string of the molecule is CC[C@H](C)[C@H](NC(=O)[C@@H]([NH3+])CCCC[NH3+])C(=O)[O-]. The van der Waals surface area contributed by atoms with E-state index >= 15 is 0 Å². The largest absolute Gasteiger partial charge is 0.548 e. The van der Waals surface area contributed by atoms with Crippen LogP contribution in [-0.4, -0.2) is 30.5 Å². The van der Waals surface area contributed by atoms with Gasteiger partial charge in [0, 0.05) is 6.42 Å².